The maximum absolute atomic E-state index is 12.3. The van der Waals surface area contributed by atoms with E-state index in [2.05, 4.69) is 4.72 Å². The number of hydrogen-bond acceptors (Lipinski definition) is 5. The van der Waals surface area contributed by atoms with E-state index >= 15 is 0 Å². The first-order valence-corrected chi connectivity index (χ1v) is 10.3. The van der Waals surface area contributed by atoms with Crippen molar-refractivity contribution < 1.29 is 21.6 Å². The van der Waals surface area contributed by atoms with Crippen LogP contribution in [0.3, 0.4) is 0 Å². The van der Waals surface area contributed by atoms with E-state index in [0.29, 0.717) is 19.7 Å². The first kappa shape index (κ1) is 18.8. The lowest BCUT2D eigenvalue weighted by molar-refractivity contribution is -0.0590. The van der Waals surface area contributed by atoms with Gasteiger partial charge in [-0.1, -0.05) is 20.8 Å². The molecular weight excluding hydrogens is 316 g/mol. The van der Waals surface area contributed by atoms with Crippen LogP contribution in [-0.4, -0.2) is 65.0 Å². The normalized spacial score (nSPS) is 22.4. The summed E-state index contributed by atoms with van der Waals surface area (Å²) in [5.41, 5.74) is -0.141. The highest BCUT2D eigenvalue weighted by molar-refractivity contribution is 7.90. The second kappa shape index (κ2) is 6.91. The molecule has 1 unspecified atom stereocenters. The average Bonchev–Trinajstić information content (AvgIpc) is 2.37. The van der Waals surface area contributed by atoms with Crippen LogP contribution >= 0.6 is 0 Å². The van der Waals surface area contributed by atoms with Crippen molar-refractivity contribution in [3.63, 3.8) is 0 Å². The van der Waals surface area contributed by atoms with Crippen LogP contribution < -0.4 is 4.72 Å². The Morgan fingerprint density at radius 2 is 1.86 bits per heavy atom. The van der Waals surface area contributed by atoms with Gasteiger partial charge in [-0.2, -0.15) is 4.31 Å². The summed E-state index contributed by atoms with van der Waals surface area (Å²) in [7, 11) is -6.85. The third-order valence-corrected chi connectivity index (χ3v) is 6.69. The number of morpholine rings is 1. The van der Waals surface area contributed by atoms with Crippen LogP contribution in [-0.2, 0) is 24.8 Å². The Hall–Kier alpha value is -0.220. The van der Waals surface area contributed by atoms with Gasteiger partial charge in [0.15, 0.2) is 0 Å². The van der Waals surface area contributed by atoms with Gasteiger partial charge in [0.05, 0.1) is 24.2 Å². The maximum atomic E-state index is 12.3. The summed E-state index contributed by atoms with van der Waals surface area (Å²) in [6.45, 7) is 8.40. The molecule has 126 valence electrons. The SMILES string of the molecule is CCS(=O)(=O)NCCS(=O)(=O)N1CCOC(C(C)(C)C)C1. The van der Waals surface area contributed by atoms with Gasteiger partial charge in [0.2, 0.25) is 20.0 Å². The molecule has 0 aromatic heterocycles. The van der Waals surface area contributed by atoms with Crippen molar-refractivity contribution in [2.45, 2.75) is 33.8 Å². The molecule has 1 heterocycles. The maximum Gasteiger partial charge on any atom is 0.215 e. The van der Waals surface area contributed by atoms with E-state index in [1.54, 1.807) is 0 Å². The van der Waals surface area contributed by atoms with Crippen LogP contribution in [0.15, 0.2) is 0 Å². The molecule has 0 aromatic rings. The Morgan fingerprint density at radius 3 is 2.38 bits per heavy atom. The van der Waals surface area contributed by atoms with Crippen molar-refractivity contribution in [2.24, 2.45) is 5.41 Å². The quantitative estimate of drug-likeness (QED) is 0.733. The van der Waals surface area contributed by atoms with E-state index in [4.69, 9.17) is 4.74 Å². The van der Waals surface area contributed by atoms with Gasteiger partial charge in [-0.3, -0.25) is 0 Å². The molecule has 1 N–H and O–H groups in total. The average molecular weight is 342 g/mol. The molecule has 0 amide bonds. The second-order valence-corrected chi connectivity index (χ2v) is 10.4. The van der Waals surface area contributed by atoms with Gasteiger partial charge in [-0.15, -0.1) is 0 Å². The molecule has 9 heteroatoms. The minimum atomic E-state index is -3.48. The molecule has 21 heavy (non-hydrogen) atoms. The van der Waals surface area contributed by atoms with Gasteiger partial charge < -0.3 is 4.74 Å². The largest absolute Gasteiger partial charge is 0.375 e. The number of ether oxygens (including phenoxy) is 1. The van der Waals surface area contributed by atoms with Crippen molar-refractivity contribution in [3.05, 3.63) is 0 Å². The standard InChI is InChI=1S/C12H26N2O5S2/c1-5-20(15,16)13-6-9-21(17,18)14-7-8-19-11(10-14)12(2,3)4/h11,13H,5-10H2,1-4H3. The number of nitrogens with one attached hydrogen (secondary N) is 1. The topological polar surface area (TPSA) is 92.8 Å². The molecule has 0 spiro atoms. The molecule has 0 aromatic carbocycles. The lowest BCUT2D eigenvalue weighted by atomic mass is 9.88. The third kappa shape index (κ3) is 5.82. The van der Waals surface area contributed by atoms with Crippen LogP contribution in [0.4, 0.5) is 0 Å². The minimum absolute atomic E-state index is 0.0588. The fraction of sp³-hybridized carbons (Fsp3) is 1.00. The molecule has 1 aliphatic rings. The summed E-state index contributed by atoms with van der Waals surface area (Å²) >= 11 is 0. The third-order valence-electron chi connectivity index (χ3n) is 3.45. The molecule has 1 rings (SSSR count). The lowest BCUT2D eigenvalue weighted by Gasteiger charge is -2.38. The van der Waals surface area contributed by atoms with Crippen LogP contribution in [0.5, 0.6) is 0 Å². The monoisotopic (exact) mass is 342 g/mol. The molecule has 1 saturated heterocycles. The Morgan fingerprint density at radius 1 is 1.24 bits per heavy atom. The fourth-order valence-corrected chi connectivity index (χ4v) is 4.04. The number of sulfonamides is 2. The molecule has 1 aliphatic heterocycles. The zero-order chi connectivity index (χ0) is 16.3. The summed E-state index contributed by atoms with van der Waals surface area (Å²) in [4.78, 5) is 0. The van der Waals surface area contributed by atoms with Gasteiger partial charge >= 0.3 is 0 Å². The Balaban J connectivity index is 2.62. The van der Waals surface area contributed by atoms with E-state index in [-0.39, 0.29) is 29.6 Å². The van der Waals surface area contributed by atoms with Gasteiger partial charge in [-0.25, -0.2) is 21.6 Å². The summed E-state index contributed by atoms with van der Waals surface area (Å²) in [6, 6.07) is 0. The molecule has 0 radical (unpaired) electrons. The first-order valence-electron chi connectivity index (χ1n) is 7.05. The van der Waals surface area contributed by atoms with Gasteiger partial charge in [0, 0.05) is 19.6 Å². The molecule has 0 saturated carbocycles. The predicted molar refractivity (Wildman–Crippen MR) is 82.0 cm³/mol. The smallest absolute Gasteiger partial charge is 0.215 e. The summed E-state index contributed by atoms with van der Waals surface area (Å²) in [5, 5.41) is 0. The number of nitrogens with zero attached hydrogens (tertiary/aromatic N) is 1. The highest BCUT2D eigenvalue weighted by atomic mass is 32.2. The van der Waals surface area contributed by atoms with Crippen LogP contribution in [0, 0.1) is 5.41 Å². The van der Waals surface area contributed by atoms with E-state index in [9.17, 15) is 16.8 Å². The Labute approximate surface area is 128 Å². The lowest BCUT2D eigenvalue weighted by Crippen LogP contribution is -2.51. The van der Waals surface area contributed by atoms with E-state index in [1.165, 1.54) is 11.2 Å². The molecule has 0 bridgehead atoms. The molecule has 1 fully saturated rings. The van der Waals surface area contributed by atoms with Crippen molar-refractivity contribution >= 4 is 20.0 Å². The van der Waals surface area contributed by atoms with Crippen molar-refractivity contribution in [1.29, 1.82) is 0 Å². The molecule has 1 atom stereocenters. The Kier molecular flexibility index (Phi) is 6.19. The summed E-state index contributed by atoms with van der Waals surface area (Å²) in [6.07, 6.45) is -0.159. The van der Waals surface area contributed by atoms with Crippen LogP contribution in [0.1, 0.15) is 27.7 Å². The summed E-state index contributed by atoms with van der Waals surface area (Å²) in [5.74, 6) is -0.292. The number of hydrogen-bond donors (Lipinski definition) is 1. The van der Waals surface area contributed by atoms with E-state index in [1.807, 2.05) is 20.8 Å². The number of rotatable bonds is 6. The minimum Gasteiger partial charge on any atom is -0.375 e. The highest BCUT2D eigenvalue weighted by Gasteiger charge is 2.35. The molecule has 0 aliphatic carbocycles. The van der Waals surface area contributed by atoms with Crippen LogP contribution in [0.2, 0.25) is 0 Å². The summed E-state index contributed by atoms with van der Waals surface area (Å²) < 4.78 is 56.4. The van der Waals surface area contributed by atoms with Crippen molar-refractivity contribution in [2.75, 3.05) is 37.7 Å². The molecular formula is C12H26N2O5S2. The highest BCUT2D eigenvalue weighted by Crippen LogP contribution is 2.26. The van der Waals surface area contributed by atoms with Gasteiger partial charge in [-0.05, 0) is 12.3 Å². The van der Waals surface area contributed by atoms with Gasteiger partial charge in [0.1, 0.15) is 0 Å². The zero-order valence-electron chi connectivity index (χ0n) is 13.1. The molecule has 7 nitrogen and oxygen atoms in total. The second-order valence-electron chi connectivity index (χ2n) is 6.20. The van der Waals surface area contributed by atoms with Gasteiger partial charge in [0.25, 0.3) is 0 Å². The van der Waals surface area contributed by atoms with Crippen molar-refractivity contribution in [1.82, 2.24) is 9.03 Å². The first-order chi connectivity index (χ1) is 9.48. The van der Waals surface area contributed by atoms with Crippen LogP contribution in [0.25, 0.3) is 0 Å². The van der Waals surface area contributed by atoms with Crippen molar-refractivity contribution in [3.8, 4) is 0 Å². The Bertz CT molecular complexity index is 536. The predicted octanol–water partition coefficient (Wildman–Crippen LogP) is 0.00240. The fourth-order valence-electron chi connectivity index (χ4n) is 1.96. The van der Waals surface area contributed by atoms with E-state index in [0.717, 1.165) is 0 Å². The van der Waals surface area contributed by atoms with E-state index < -0.39 is 20.0 Å². The zero-order valence-corrected chi connectivity index (χ0v) is 14.8.